The van der Waals surface area contributed by atoms with Crippen LogP contribution in [0.5, 0.6) is 0 Å². The molecule has 1 N–H and O–H groups in total. The minimum absolute atomic E-state index is 0.175. The number of rotatable bonds is 4. The predicted molar refractivity (Wildman–Crippen MR) is 87.7 cm³/mol. The van der Waals surface area contributed by atoms with Crippen molar-refractivity contribution in [1.82, 2.24) is 15.1 Å². The Labute approximate surface area is 145 Å². The first-order valence-electron chi connectivity index (χ1n) is 8.73. The van der Waals surface area contributed by atoms with Crippen LogP contribution in [0.2, 0.25) is 0 Å². The molecule has 25 heavy (non-hydrogen) atoms. The van der Waals surface area contributed by atoms with Crippen LogP contribution in [-0.2, 0) is 21.4 Å². The first-order valence-corrected chi connectivity index (χ1v) is 8.73. The highest BCUT2D eigenvalue weighted by molar-refractivity contribution is 6.24. The normalized spacial score (nSPS) is 30.5. The molecule has 3 saturated heterocycles. The average molecular weight is 346 g/mol. The number of aryl methyl sites for hydroxylation is 1. The maximum Gasteiger partial charge on any atom is 0.271 e. The highest BCUT2D eigenvalue weighted by atomic mass is 16.5. The van der Waals surface area contributed by atoms with Crippen molar-refractivity contribution in [3.05, 3.63) is 11.9 Å². The van der Waals surface area contributed by atoms with Crippen molar-refractivity contribution in [3.8, 4) is 0 Å². The highest BCUT2D eigenvalue weighted by Gasteiger charge is 2.63. The summed E-state index contributed by atoms with van der Waals surface area (Å²) in [6.07, 6.45) is 2.70. The number of imide groups is 1. The lowest BCUT2D eigenvalue weighted by molar-refractivity contribution is -0.124. The molecule has 0 saturated carbocycles. The molecule has 0 spiro atoms. The van der Waals surface area contributed by atoms with E-state index in [0.29, 0.717) is 12.5 Å². The summed E-state index contributed by atoms with van der Waals surface area (Å²) in [6, 6.07) is 0. The second kappa shape index (κ2) is 5.66. The molecular weight excluding hydrogens is 324 g/mol. The van der Waals surface area contributed by atoms with E-state index >= 15 is 0 Å². The molecule has 8 nitrogen and oxygen atoms in total. The van der Waals surface area contributed by atoms with E-state index in [1.807, 2.05) is 13.8 Å². The number of hydrogen-bond acceptors (Lipinski definition) is 5. The average Bonchev–Trinajstić information content (AvgIpc) is 3.30. The van der Waals surface area contributed by atoms with Crippen LogP contribution in [0.15, 0.2) is 6.20 Å². The Hall–Kier alpha value is -2.22. The van der Waals surface area contributed by atoms with E-state index < -0.39 is 11.8 Å². The second-order valence-corrected chi connectivity index (χ2v) is 7.46. The van der Waals surface area contributed by atoms with Crippen LogP contribution in [0, 0.1) is 17.8 Å². The third-order valence-electron chi connectivity index (χ3n) is 5.33. The molecule has 0 aromatic carbocycles. The number of aromatic nitrogens is 2. The maximum atomic E-state index is 12.9. The van der Waals surface area contributed by atoms with Gasteiger partial charge < -0.3 is 10.1 Å². The number of nitrogens with one attached hydrogen (secondary N) is 1. The van der Waals surface area contributed by atoms with Crippen LogP contribution in [-0.4, -0.2) is 46.3 Å². The van der Waals surface area contributed by atoms with Gasteiger partial charge in [0.15, 0.2) is 0 Å². The van der Waals surface area contributed by atoms with Crippen molar-refractivity contribution in [3.63, 3.8) is 0 Å². The molecule has 3 aliphatic rings. The molecule has 0 unspecified atom stereocenters. The summed E-state index contributed by atoms with van der Waals surface area (Å²) < 4.78 is 7.15. The van der Waals surface area contributed by atoms with Gasteiger partial charge in [-0.25, -0.2) is 4.90 Å². The summed E-state index contributed by atoms with van der Waals surface area (Å²) in [5, 5.41) is 6.93. The number of amides is 3. The number of nitrogens with zero attached hydrogens (tertiary/aromatic N) is 3. The van der Waals surface area contributed by atoms with E-state index in [0.717, 1.165) is 17.7 Å². The Morgan fingerprint density at radius 1 is 1.28 bits per heavy atom. The molecule has 3 amide bonds. The van der Waals surface area contributed by atoms with E-state index in [2.05, 4.69) is 10.4 Å². The zero-order valence-corrected chi connectivity index (χ0v) is 14.6. The van der Waals surface area contributed by atoms with Crippen LogP contribution in [0.25, 0.3) is 0 Å². The van der Waals surface area contributed by atoms with Gasteiger partial charge in [-0.15, -0.1) is 0 Å². The lowest BCUT2D eigenvalue weighted by Gasteiger charge is -2.18. The molecule has 4 rings (SSSR count). The fourth-order valence-electron chi connectivity index (χ4n) is 4.18. The van der Waals surface area contributed by atoms with E-state index in [4.69, 9.17) is 4.74 Å². The lowest BCUT2D eigenvalue weighted by Crippen LogP contribution is -2.37. The fourth-order valence-corrected chi connectivity index (χ4v) is 4.18. The van der Waals surface area contributed by atoms with Gasteiger partial charge in [-0.05, 0) is 18.8 Å². The van der Waals surface area contributed by atoms with Crippen molar-refractivity contribution in [1.29, 1.82) is 0 Å². The van der Waals surface area contributed by atoms with Gasteiger partial charge >= 0.3 is 0 Å². The number of ether oxygens (including phenoxy) is 1. The van der Waals surface area contributed by atoms with Gasteiger partial charge in [0.25, 0.3) is 5.91 Å². The molecule has 3 fully saturated rings. The third kappa shape index (κ3) is 2.31. The van der Waals surface area contributed by atoms with E-state index in [-0.39, 0.29) is 41.3 Å². The summed E-state index contributed by atoms with van der Waals surface area (Å²) in [5.41, 5.74) is 0.503. The number of carbonyl (C=O) groups is 3. The fraction of sp³-hybridized carbons (Fsp3) is 0.647. The lowest BCUT2D eigenvalue weighted by atomic mass is 9.81. The van der Waals surface area contributed by atoms with Crippen molar-refractivity contribution in [2.24, 2.45) is 24.8 Å². The van der Waals surface area contributed by atoms with Crippen LogP contribution in [0.4, 0.5) is 5.69 Å². The molecule has 4 atom stereocenters. The first kappa shape index (κ1) is 16.3. The topological polar surface area (TPSA) is 93.5 Å². The van der Waals surface area contributed by atoms with Crippen LogP contribution >= 0.6 is 0 Å². The number of carbonyl (C=O) groups excluding carboxylic acids is 3. The largest absolute Gasteiger partial charge is 0.373 e. The number of anilines is 1. The second-order valence-electron chi connectivity index (χ2n) is 7.46. The molecule has 4 heterocycles. The van der Waals surface area contributed by atoms with Crippen LogP contribution < -0.4 is 10.2 Å². The molecule has 3 aliphatic heterocycles. The van der Waals surface area contributed by atoms with Crippen molar-refractivity contribution in [2.45, 2.75) is 38.9 Å². The molecule has 1 aromatic rings. The van der Waals surface area contributed by atoms with Gasteiger partial charge in [-0.1, -0.05) is 13.8 Å². The SMILES string of the molecule is CC(C)CNC(=O)c1c(N2C(=O)[C@@H]3[C@H](C2=O)[C@@H]2CC[C@@H]3O2)cnn1C. The monoisotopic (exact) mass is 346 g/mol. The standard InChI is InChI=1S/C17H22N4O4/c1-8(2)6-18-15(22)14-9(7-19-20(14)3)21-16(23)12-10-4-5-11(25-10)13(12)17(21)24/h7-8,10-13H,4-6H2,1-3H3,(H,18,22)/t10-,11-,12-,13+/m0/s1. The van der Waals surface area contributed by atoms with Crippen molar-refractivity contribution < 1.29 is 19.1 Å². The zero-order chi connectivity index (χ0) is 17.9. The van der Waals surface area contributed by atoms with E-state index in [1.54, 1.807) is 7.05 Å². The summed E-state index contributed by atoms with van der Waals surface area (Å²) >= 11 is 0. The van der Waals surface area contributed by atoms with Crippen LogP contribution in [0.3, 0.4) is 0 Å². The Balaban J connectivity index is 1.66. The van der Waals surface area contributed by atoms with Gasteiger partial charge in [-0.3, -0.25) is 19.1 Å². The first-order chi connectivity index (χ1) is 11.9. The van der Waals surface area contributed by atoms with Gasteiger partial charge in [0.2, 0.25) is 11.8 Å². The number of fused-ring (bicyclic) bond motifs is 5. The summed E-state index contributed by atoms with van der Waals surface area (Å²) in [6.45, 7) is 4.50. The molecule has 8 heteroatoms. The molecule has 134 valence electrons. The quantitative estimate of drug-likeness (QED) is 0.800. The summed E-state index contributed by atoms with van der Waals surface area (Å²) in [7, 11) is 1.63. The Bertz CT molecular complexity index is 728. The Kier molecular flexibility index (Phi) is 3.68. The van der Waals surface area contributed by atoms with Gasteiger partial charge in [0.05, 0.1) is 30.2 Å². The van der Waals surface area contributed by atoms with E-state index in [1.165, 1.54) is 10.9 Å². The van der Waals surface area contributed by atoms with Crippen molar-refractivity contribution >= 4 is 23.4 Å². The third-order valence-corrected chi connectivity index (χ3v) is 5.33. The maximum absolute atomic E-state index is 12.9. The molecule has 0 aliphatic carbocycles. The van der Waals surface area contributed by atoms with E-state index in [9.17, 15) is 14.4 Å². The molecule has 0 radical (unpaired) electrons. The molecule has 2 bridgehead atoms. The zero-order valence-electron chi connectivity index (χ0n) is 14.6. The minimum Gasteiger partial charge on any atom is -0.373 e. The van der Waals surface area contributed by atoms with Gasteiger partial charge in [0.1, 0.15) is 11.4 Å². The summed E-state index contributed by atoms with van der Waals surface area (Å²) in [5.74, 6) is -1.42. The minimum atomic E-state index is -0.418. The van der Waals surface area contributed by atoms with Gasteiger partial charge in [0, 0.05) is 13.6 Å². The Morgan fingerprint density at radius 2 is 1.88 bits per heavy atom. The number of hydrogen-bond donors (Lipinski definition) is 1. The smallest absolute Gasteiger partial charge is 0.271 e. The predicted octanol–water partition coefficient (Wildman–Crippen LogP) is 0.473. The Morgan fingerprint density at radius 3 is 2.44 bits per heavy atom. The molecular formula is C17H22N4O4. The summed E-state index contributed by atoms with van der Waals surface area (Å²) in [4.78, 5) is 39.5. The highest BCUT2D eigenvalue weighted by Crippen LogP contribution is 2.49. The van der Waals surface area contributed by atoms with Crippen molar-refractivity contribution in [2.75, 3.05) is 11.4 Å². The molecule has 1 aromatic heterocycles. The van der Waals surface area contributed by atoms with Crippen LogP contribution in [0.1, 0.15) is 37.2 Å². The van der Waals surface area contributed by atoms with Gasteiger partial charge in [-0.2, -0.15) is 5.10 Å².